The Morgan fingerprint density at radius 2 is 2.14 bits per heavy atom. The van der Waals surface area contributed by atoms with Crippen LogP contribution in [0, 0.1) is 5.92 Å². The van der Waals surface area contributed by atoms with Crippen molar-refractivity contribution in [3.05, 3.63) is 33.8 Å². The van der Waals surface area contributed by atoms with Gasteiger partial charge in [0.15, 0.2) is 9.84 Å². The van der Waals surface area contributed by atoms with Gasteiger partial charge >= 0.3 is 0 Å². The van der Waals surface area contributed by atoms with Gasteiger partial charge in [-0.3, -0.25) is 0 Å². The number of halogens is 2. The molecule has 1 heterocycles. The molecule has 3 nitrogen and oxygen atoms in total. The van der Waals surface area contributed by atoms with E-state index in [0.29, 0.717) is 21.6 Å². The standard InChI is InChI=1S/C15H21Cl2NO2S/c1-2-18-13(8-11-6-7-21(19,20)10-11)9-12-4-3-5-14(16)15(12)17/h3-5,11,13,18H,2,6-10H2,1H3. The molecule has 0 amide bonds. The summed E-state index contributed by atoms with van der Waals surface area (Å²) in [5, 5.41) is 4.60. The van der Waals surface area contributed by atoms with E-state index in [1.165, 1.54) is 0 Å². The van der Waals surface area contributed by atoms with Crippen LogP contribution in [0.4, 0.5) is 0 Å². The molecule has 1 fully saturated rings. The molecule has 0 spiro atoms. The van der Waals surface area contributed by atoms with Gasteiger partial charge in [-0.1, -0.05) is 42.3 Å². The van der Waals surface area contributed by atoms with Crippen molar-refractivity contribution in [2.24, 2.45) is 5.92 Å². The summed E-state index contributed by atoms with van der Waals surface area (Å²) in [7, 11) is -2.82. The molecule has 0 saturated carbocycles. The minimum Gasteiger partial charge on any atom is -0.314 e. The molecule has 0 bridgehead atoms. The summed E-state index contributed by atoms with van der Waals surface area (Å²) < 4.78 is 23.2. The first kappa shape index (κ1) is 17.1. The van der Waals surface area contributed by atoms with E-state index >= 15 is 0 Å². The van der Waals surface area contributed by atoms with Crippen LogP contribution < -0.4 is 5.32 Å². The van der Waals surface area contributed by atoms with Crippen molar-refractivity contribution < 1.29 is 8.42 Å². The lowest BCUT2D eigenvalue weighted by atomic mass is 9.94. The van der Waals surface area contributed by atoms with Crippen LogP contribution >= 0.6 is 23.2 Å². The predicted octanol–water partition coefficient (Wildman–Crippen LogP) is 3.34. The van der Waals surface area contributed by atoms with Crippen LogP contribution in [0.1, 0.15) is 25.3 Å². The zero-order valence-electron chi connectivity index (χ0n) is 12.1. The van der Waals surface area contributed by atoms with Gasteiger partial charge in [0.1, 0.15) is 0 Å². The molecule has 1 aliphatic heterocycles. The summed E-state index contributed by atoms with van der Waals surface area (Å²) in [6.07, 6.45) is 2.40. The summed E-state index contributed by atoms with van der Waals surface area (Å²) >= 11 is 12.3. The van der Waals surface area contributed by atoms with Crippen LogP contribution in [-0.4, -0.2) is 32.5 Å². The SMILES string of the molecule is CCNC(Cc1cccc(Cl)c1Cl)CC1CCS(=O)(=O)C1. The quantitative estimate of drug-likeness (QED) is 0.856. The second kappa shape index (κ2) is 7.32. The van der Waals surface area contributed by atoms with Gasteiger partial charge < -0.3 is 5.32 Å². The van der Waals surface area contributed by atoms with Gasteiger partial charge in [0.2, 0.25) is 0 Å². The fourth-order valence-electron chi connectivity index (χ4n) is 2.96. The largest absolute Gasteiger partial charge is 0.314 e. The minimum absolute atomic E-state index is 0.226. The number of sulfone groups is 1. The number of nitrogens with one attached hydrogen (secondary N) is 1. The third kappa shape index (κ3) is 4.85. The van der Waals surface area contributed by atoms with E-state index in [1.54, 1.807) is 6.07 Å². The Bertz CT molecular complexity index is 589. The van der Waals surface area contributed by atoms with Crippen LogP contribution in [0.2, 0.25) is 10.0 Å². The van der Waals surface area contributed by atoms with E-state index in [0.717, 1.165) is 31.4 Å². The lowest BCUT2D eigenvalue weighted by Crippen LogP contribution is -2.33. The second-order valence-corrected chi connectivity index (χ2v) is 8.69. The molecule has 1 aromatic rings. The lowest BCUT2D eigenvalue weighted by molar-refractivity contribution is 0.409. The van der Waals surface area contributed by atoms with Gasteiger partial charge in [-0.05, 0) is 43.4 Å². The van der Waals surface area contributed by atoms with Crippen LogP contribution in [0.15, 0.2) is 18.2 Å². The highest BCUT2D eigenvalue weighted by atomic mass is 35.5. The topological polar surface area (TPSA) is 46.2 Å². The lowest BCUT2D eigenvalue weighted by Gasteiger charge is -2.21. The average Bonchev–Trinajstić information content (AvgIpc) is 2.74. The highest BCUT2D eigenvalue weighted by Crippen LogP contribution is 2.29. The van der Waals surface area contributed by atoms with E-state index in [1.807, 2.05) is 12.1 Å². The normalized spacial score (nSPS) is 22.3. The first-order chi connectivity index (χ1) is 9.91. The van der Waals surface area contributed by atoms with Crippen molar-refractivity contribution in [2.75, 3.05) is 18.1 Å². The van der Waals surface area contributed by atoms with Crippen LogP contribution in [0.5, 0.6) is 0 Å². The molecule has 1 aromatic carbocycles. The monoisotopic (exact) mass is 349 g/mol. The Morgan fingerprint density at radius 3 is 2.76 bits per heavy atom. The van der Waals surface area contributed by atoms with Crippen molar-refractivity contribution in [3.63, 3.8) is 0 Å². The number of hydrogen-bond donors (Lipinski definition) is 1. The van der Waals surface area contributed by atoms with Crippen molar-refractivity contribution in [1.82, 2.24) is 5.32 Å². The molecular weight excluding hydrogens is 329 g/mol. The zero-order valence-corrected chi connectivity index (χ0v) is 14.4. The molecular formula is C15H21Cl2NO2S. The van der Waals surface area contributed by atoms with E-state index < -0.39 is 9.84 Å². The Morgan fingerprint density at radius 1 is 1.38 bits per heavy atom. The minimum atomic E-state index is -2.82. The molecule has 1 N–H and O–H groups in total. The molecule has 1 saturated heterocycles. The van der Waals surface area contributed by atoms with Gasteiger partial charge in [0, 0.05) is 6.04 Å². The van der Waals surface area contributed by atoms with E-state index in [9.17, 15) is 8.42 Å². The Balaban J connectivity index is 2.04. The highest BCUT2D eigenvalue weighted by Gasteiger charge is 2.29. The molecule has 6 heteroatoms. The maximum Gasteiger partial charge on any atom is 0.150 e. The molecule has 2 unspecified atom stereocenters. The maximum absolute atomic E-state index is 11.6. The fourth-order valence-corrected chi connectivity index (χ4v) is 5.24. The van der Waals surface area contributed by atoms with Gasteiger partial charge in [-0.15, -0.1) is 0 Å². The summed E-state index contributed by atoms with van der Waals surface area (Å²) in [4.78, 5) is 0. The highest BCUT2D eigenvalue weighted by molar-refractivity contribution is 7.91. The van der Waals surface area contributed by atoms with Gasteiger partial charge in [0.05, 0.1) is 21.6 Å². The molecule has 0 radical (unpaired) electrons. The van der Waals surface area contributed by atoms with E-state index in [4.69, 9.17) is 23.2 Å². The van der Waals surface area contributed by atoms with Gasteiger partial charge in [0.25, 0.3) is 0 Å². The van der Waals surface area contributed by atoms with Gasteiger partial charge in [-0.2, -0.15) is 0 Å². The maximum atomic E-state index is 11.6. The van der Waals surface area contributed by atoms with Crippen molar-refractivity contribution in [2.45, 2.75) is 32.2 Å². The second-order valence-electron chi connectivity index (χ2n) is 5.68. The Kier molecular flexibility index (Phi) is 5.95. The number of rotatable bonds is 6. The third-order valence-corrected chi connectivity index (χ3v) is 6.63. The van der Waals surface area contributed by atoms with Crippen molar-refractivity contribution in [3.8, 4) is 0 Å². The fraction of sp³-hybridized carbons (Fsp3) is 0.600. The summed E-state index contributed by atoms with van der Waals surface area (Å²) in [6.45, 7) is 2.90. The van der Waals surface area contributed by atoms with Gasteiger partial charge in [-0.25, -0.2) is 8.42 Å². The summed E-state index contributed by atoms with van der Waals surface area (Å²) in [5.74, 6) is 0.893. The first-order valence-electron chi connectivity index (χ1n) is 7.28. The first-order valence-corrected chi connectivity index (χ1v) is 9.85. The third-order valence-electron chi connectivity index (χ3n) is 3.94. The Labute approximate surface area is 136 Å². The van der Waals surface area contributed by atoms with Crippen LogP contribution in [-0.2, 0) is 16.3 Å². The Hall–Kier alpha value is -0.290. The zero-order chi connectivity index (χ0) is 15.5. The number of benzene rings is 1. The van der Waals surface area contributed by atoms with Crippen molar-refractivity contribution in [1.29, 1.82) is 0 Å². The predicted molar refractivity (Wildman–Crippen MR) is 89.0 cm³/mol. The van der Waals surface area contributed by atoms with Crippen molar-refractivity contribution >= 4 is 33.0 Å². The molecule has 2 atom stereocenters. The molecule has 21 heavy (non-hydrogen) atoms. The molecule has 0 aliphatic carbocycles. The number of likely N-dealkylation sites (N-methyl/N-ethyl adjacent to an activating group) is 1. The van der Waals surface area contributed by atoms with Crippen LogP contribution in [0.25, 0.3) is 0 Å². The van der Waals surface area contributed by atoms with E-state index in [-0.39, 0.29) is 12.0 Å². The summed E-state index contributed by atoms with van der Waals surface area (Å²) in [6, 6.07) is 5.87. The molecule has 1 aliphatic rings. The number of hydrogen-bond acceptors (Lipinski definition) is 3. The average molecular weight is 350 g/mol. The molecule has 118 valence electrons. The molecule has 2 rings (SSSR count). The smallest absolute Gasteiger partial charge is 0.150 e. The van der Waals surface area contributed by atoms with E-state index in [2.05, 4.69) is 12.2 Å². The summed E-state index contributed by atoms with van der Waals surface area (Å²) in [5.41, 5.74) is 1.01. The molecule has 0 aromatic heterocycles. The van der Waals surface area contributed by atoms with Crippen LogP contribution in [0.3, 0.4) is 0 Å².